The van der Waals surface area contributed by atoms with E-state index in [2.05, 4.69) is 27.7 Å². The Morgan fingerprint density at radius 3 is 2.54 bits per heavy atom. The molecule has 0 aromatic rings. The van der Waals surface area contributed by atoms with Gasteiger partial charge in [0, 0.05) is 18.8 Å². The molecule has 148 valence electrons. The zero-order valence-electron chi connectivity index (χ0n) is 17.1. The second kappa shape index (κ2) is 7.84. The fourth-order valence-corrected chi connectivity index (χ4v) is 5.81. The van der Waals surface area contributed by atoms with Crippen LogP contribution < -0.4 is 0 Å². The Morgan fingerprint density at radius 1 is 1.23 bits per heavy atom. The van der Waals surface area contributed by atoms with Crippen molar-refractivity contribution in [2.24, 2.45) is 22.7 Å². The highest BCUT2D eigenvalue weighted by atomic mass is 16.5. The van der Waals surface area contributed by atoms with Crippen LogP contribution in [0.25, 0.3) is 0 Å². The molecule has 0 radical (unpaired) electrons. The molecule has 4 heteroatoms. The van der Waals surface area contributed by atoms with Gasteiger partial charge in [-0.25, -0.2) is 0 Å². The summed E-state index contributed by atoms with van der Waals surface area (Å²) in [6.07, 6.45) is 9.19. The second-order valence-corrected chi connectivity index (χ2v) is 9.41. The highest BCUT2D eigenvalue weighted by Gasteiger charge is 2.60. The molecule has 0 amide bonds. The lowest BCUT2D eigenvalue weighted by Gasteiger charge is -2.63. The van der Waals surface area contributed by atoms with Gasteiger partial charge >= 0.3 is 5.97 Å². The minimum Gasteiger partial charge on any atom is -0.466 e. The van der Waals surface area contributed by atoms with Gasteiger partial charge in [-0.3, -0.25) is 9.59 Å². The minimum atomic E-state index is -0.802. The maximum absolute atomic E-state index is 11.8. The molecule has 4 unspecified atom stereocenters. The first-order chi connectivity index (χ1) is 12.1. The summed E-state index contributed by atoms with van der Waals surface area (Å²) in [6, 6.07) is 0. The van der Waals surface area contributed by atoms with Gasteiger partial charge in [-0.15, -0.1) is 0 Å². The van der Waals surface area contributed by atoms with E-state index in [0.29, 0.717) is 24.3 Å². The third kappa shape index (κ3) is 3.90. The van der Waals surface area contributed by atoms with Crippen molar-refractivity contribution in [3.63, 3.8) is 0 Å². The number of rotatable bonds is 6. The molecule has 0 bridgehead atoms. The summed E-state index contributed by atoms with van der Waals surface area (Å²) in [5.74, 6) is 0.365. The largest absolute Gasteiger partial charge is 0.466 e. The van der Waals surface area contributed by atoms with E-state index in [0.717, 1.165) is 25.5 Å². The highest BCUT2D eigenvalue weighted by Crippen LogP contribution is 2.63. The van der Waals surface area contributed by atoms with Crippen molar-refractivity contribution in [1.29, 1.82) is 0 Å². The van der Waals surface area contributed by atoms with Gasteiger partial charge in [-0.1, -0.05) is 40.2 Å². The molecule has 26 heavy (non-hydrogen) atoms. The summed E-state index contributed by atoms with van der Waals surface area (Å²) in [7, 11) is 0. The lowest BCUT2D eigenvalue weighted by Crippen LogP contribution is -2.62. The Labute approximate surface area is 158 Å². The molecule has 2 aliphatic carbocycles. The zero-order chi connectivity index (χ0) is 19.6. The lowest BCUT2D eigenvalue weighted by molar-refractivity contribution is -0.206. The maximum atomic E-state index is 11.8. The van der Waals surface area contributed by atoms with Crippen LogP contribution in [0.2, 0.25) is 0 Å². The van der Waals surface area contributed by atoms with Gasteiger partial charge in [0.05, 0.1) is 12.2 Å². The van der Waals surface area contributed by atoms with Crippen LogP contribution in [-0.4, -0.2) is 29.6 Å². The van der Waals surface area contributed by atoms with Crippen LogP contribution >= 0.6 is 0 Å². The highest BCUT2D eigenvalue weighted by molar-refractivity contribution is 5.73. The first kappa shape index (κ1) is 21.1. The van der Waals surface area contributed by atoms with E-state index in [4.69, 9.17) is 4.74 Å². The van der Waals surface area contributed by atoms with E-state index in [1.165, 1.54) is 19.8 Å². The van der Waals surface area contributed by atoms with Crippen molar-refractivity contribution >= 4 is 12.3 Å². The zero-order valence-corrected chi connectivity index (χ0v) is 17.1. The van der Waals surface area contributed by atoms with Crippen LogP contribution in [0.4, 0.5) is 0 Å². The van der Waals surface area contributed by atoms with Crippen molar-refractivity contribution in [1.82, 2.24) is 0 Å². The third-order valence-corrected chi connectivity index (χ3v) is 7.45. The number of fused-ring (bicyclic) bond motifs is 1. The van der Waals surface area contributed by atoms with E-state index in [-0.39, 0.29) is 29.3 Å². The van der Waals surface area contributed by atoms with Gasteiger partial charge in [0.15, 0.2) is 0 Å². The number of carbonyl (C=O) groups excluding carboxylic acids is 2. The lowest BCUT2D eigenvalue weighted by atomic mass is 9.44. The molecular weight excluding hydrogens is 328 g/mol. The molecule has 0 aromatic heterocycles. The number of esters is 1. The summed E-state index contributed by atoms with van der Waals surface area (Å²) < 4.78 is 4.94. The molecule has 2 fully saturated rings. The maximum Gasteiger partial charge on any atom is 0.302 e. The number of hydrogen-bond donors (Lipinski definition) is 1. The first-order valence-electron chi connectivity index (χ1n) is 10.1. The van der Waals surface area contributed by atoms with Crippen LogP contribution in [0, 0.1) is 22.7 Å². The molecule has 4 atom stereocenters. The quantitative estimate of drug-likeness (QED) is 0.430. The van der Waals surface area contributed by atoms with Crippen molar-refractivity contribution in [2.75, 3.05) is 6.61 Å². The van der Waals surface area contributed by atoms with Crippen LogP contribution in [0.3, 0.4) is 0 Å². The third-order valence-electron chi connectivity index (χ3n) is 7.45. The van der Waals surface area contributed by atoms with Crippen LogP contribution in [0.1, 0.15) is 79.6 Å². The SMILES string of the molecule is CC(=O)OCC/C(C=O)=C\CC1(O)C(C)CCC2C(C)(C)CCCC21C. The molecule has 0 heterocycles. The smallest absolute Gasteiger partial charge is 0.302 e. The Kier molecular flexibility index (Phi) is 6.37. The average Bonchev–Trinajstić information content (AvgIpc) is 2.54. The molecule has 1 N–H and O–H groups in total. The Hall–Kier alpha value is -1.16. The van der Waals surface area contributed by atoms with Gasteiger partial charge in [0.25, 0.3) is 0 Å². The van der Waals surface area contributed by atoms with E-state index in [1.807, 2.05) is 6.08 Å². The molecule has 0 aromatic carbocycles. The van der Waals surface area contributed by atoms with Crippen LogP contribution in [-0.2, 0) is 14.3 Å². The van der Waals surface area contributed by atoms with E-state index in [1.54, 1.807) is 0 Å². The summed E-state index contributed by atoms with van der Waals surface area (Å²) in [4.78, 5) is 22.3. The minimum absolute atomic E-state index is 0.132. The van der Waals surface area contributed by atoms with Gasteiger partial charge in [-0.05, 0) is 54.9 Å². The van der Waals surface area contributed by atoms with Gasteiger partial charge in [-0.2, -0.15) is 0 Å². The van der Waals surface area contributed by atoms with Gasteiger partial charge in [0.1, 0.15) is 6.29 Å². The first-order valence-corrected chi connectivity index (χ1v) is 10.1. The summed E-state index contributed by atoms with van der Waals surface area (Å²) in [6.45, 7) is 10.7. The second-order valence-electron chi connectivity index (χ2n) is 9.41. The van der Waals surface area contributed by atoms with Crippen LogP contribution in [0.15, 0.2) is 11.6 Å². The standard InChI is InChI=1S/C22H36O4/c1-16-7-8-19-20(3,4)11-6-12-21(19,5)22(16,25)13-9-18(15-23)10-14-26-17(2)24/h9,15-16,19,25H,6-8,10-14H2,1-5H3/b18-9+. The fraction of sp³-hybridized carbons (Fsp3) is 0.818. The van der Waals surface area contributed by atoms with Crippen molar-refractivity contribution < 1.29 is 19.4 Å². The number of ether oxygens (including phenoxy) is 1. The summed E-state index contributed by atoms with van der Waals surface area (Å²) >= 11 is 0. The van der Waals surface area contributed by atoms with Gasteiger partial charge < -0.3 is 9.84 Å². The Bertz CT molecular complexity index is 564. The number of carbonyl (C=O) groups is 2. The topological polar surface area (TPSA) is 63.6 Å². The number of aliphatic hydroxyl groups is 1. The molecule has 2 aliphatic rings. The molecule has 0 spiro atoms. The van der Waals surface area contributed by atoms with Crippen molar-refractivity contribution in [3.05, 3.63) is 11.6 Å². The molecule has 0 saturated heterocycles. The molecule has 2 saturated carbocycles. The molecular formula is C22H36O4. The molecule has 2 rings (SSSR count). The average molecular weight is 365 g/mol. The summed E-state index contributed by atoms with van der Waals surface area (Å²) in [5, 5.41) is 11.8. The number of aldehydes is 1. The van der Waals surface area contributed by atoms with E-state index < -0.39 is 5.60 Å². The van der Waals surface area contributed by atoms with Crippen LogP contribution in [0.5, 0.6) is 0 Å². The predicted molar refractivity (Wildman–Crippen MR) is 103 cm³/mol. The Morgan fingerprint density at radius 2 is 1.92 bits per heavy atom. The van der Waals surface area contributed by atoms with E-state index >= 15 is 0 Å². The Balaban J connectivity index is 2.22. The van der Waals surface area contributed by atoms with Crippen molar-refractivity contribution in [2.45, 2.75) is 85.2 Å². The van der Waals surface area contributed by atoms with Gasteiger partial charge in [0.2, 0.25) is 0 Å². The summed E-state index contributed by atoms with van der Waals surface area (Å²) in [5.41, 5.74) is -0.0864. The molecule has 0 aliphatic heterocycles. The number of hydrogen-bond acceptors (Lipinski definition) is 4. The normalized spacial score (nSPS) is 36.9. The monoisotopic (exact) mass is 364 g/mol. The van der Waals surface area contributed by atoms with E-state index in [9.17, 15) is 14.7 Å². The predicted octanol–water partition coefficient (Wildman–Crippen LogP) is 4.45. The molecule has 4 nitrogen and oxygen atoms in total. The van der Waals surface area contributed by atoms with Crippen molar-refractivity contribution in [3.8, 4) is 0 Å². The fourth-order valence-electron chi connectivity index (χ4n) is 5.81.